The Morgan fingerprint density at radius 2 is 2.11 bits per heavy atom. The molecule has 1 atom stereocenters. The Bertz CT molecular complexity index is 542. The van der Waals surface area contributed by atoms with Gasteiger partial charge in [0.05, 0.1) is 19.4 Å². The lowest BCUT2D eigenvalue weighted by molar-refractivity contribution is 0.410. The number of furan rings is 1. The second-order valence-electron chi connectivity index (χ2n) is 3.76. The van der Waals surface area contributed by atoms with Crippen LogP contribution < -0.4 is 10.1 Å². The molecule has 0 aliphatic heterocycles. The number of rotatable bonds is 4. The second kappa shape index (κ2) is 5.42. The van der Waals surface area contributed by atoms with E-state index in [1.165, 1.54) is 19.4 Å². The minimum Gasteiger partial charge on any atom is -0.497 e. The Kier molecular flexibility index (Phi) is 3.89. The van der Waals surface area contributed by atoms with Gasteiger partial charge in [-0.1, -0.05) is 6.07 Å². The minimum atomic E-state index is -0.359. The van der Waals surface area contributed by atoms with E-state index in [0.717, 1.165) is 0 Å². The average Bonchev–Trinajstić information content (AvgIpc) is 2.78. The van der Waals surface area contributed by atoms with Crippen LogP contribution >= 0.6 is 11.6 Å². The predicted molar refractivity (Wildman–Crippen MR) is 67.6 cm³/mol. The number of hydrogen-bond acceptors (Lipinski definition) is 3. The van der Waals surface area contributed by atoms with Gasteiger partial charge in [-0.15, -0.1) is 0 Å². The van der Waals surface area contributed by atoms with Crippen LogP contribution in [0.15, 0.2) is 34.9 Å². The molecule has 1 unspecified atom stereocenters. The van der Waals surface area contributed by atoms with Crippen molar-refractivity contribution in [2.75, 3.05) is 14.2 Å². The van der Waals surface area contributed by atoms with E-state index in [1.54, 1.807) is 25.2 Å². The second-order valence-corrected chi connectivity index (χ2v) is 4.10. The molecule has 0 aliphatic carbocycles. The lowest BCUT2D eigenvalue weighted by Gasteiger charge is -2.16. The molecule has 0 fully saturated rings. The molecule has 2 aromatic rings. The van der Waals surface area contributed by atoms with Crippen molar-refractivity contribution in [3.8, 4) is 5.75 Å². The average molecular weight is 270 g/mol. The van der Waals surface area contributed by atoms with Crippen LogP contribution in [0.2, 0.25) is 5.22 Å². The molecule has 5 heteroatoms. The van der Waals surface area contributed by atoms with Gasteiger partial charge in [0.1, 0.15) is 11.6 Å². The molecule has 18 heavy (non-hydrogen) atoms. The highest BCUT2D eigenvalue weighted by atomic mass is 35.5. The Labute approximate surface area is 110 Å². The van der Waals surface area contributed by atoms with Gasteiger partial charge in [0.2, 0.25) is 0 Å². The first-order chi connectivity index (χ1) is 8.67. The molecule has 3 nitrogen and oxygen atoms in total. The zero-order valence-corrected chi connectivity index (χ0v) is 10.8. The summed E-state index contributed by atoms with van der Waals surface area (Å²) in [7, 11) is 3.23. The van der Waals surface area contributed by atoms with E-state index in [1.807, 2.05) is 0 Å². The van der Waals surface area contributed by atoms with E-state index < -0.39 is 0 Å². The topological polar surface area (TPSA) is 34.4 Å². The first-order valence-electron chi connectivity index (χ1n) is 5.41. The maximum absolute atomic E-state index is 14.0. The molecular weight excluding hydrogens is 257 g/mol. The fourth-order valence-electron chi connectivity index (χ4n) is 1.86. The van der Waals surface area contributed by atoms with Gasteiger partial charge in [-0.05, 0) is 30.8 Å². The van der Waals surface area contributed by atoms with Gasteiger partial charge < -0.3 is 14.5 Å². The Morgan fingerprint density at radius 3 is 2.61 bits per heavy atom. The molecule has 1 heterocycles. The molecule has 0 spiro atoms. The number of halogens is 2. The highest BCUT2D eigenvalue weighted by molar-refractivity contribution is 6.29. The maximum Gasteiger partial charge on any atom is 0.198 e. The van der Waals surface area contributed by atoms with E-state index in [4.69, 9.17) is 20.8 Å². The van der Waals surface area contributed by atoms with Crippen LogP contribution in [0.3, 0.4) is 0 Å². The highest BCUT2D eigenvalue weighted by Gasteiger charge is 2.20. The molecule has 0 saturated carbocycles. The van der Waals surface area contributed by atoms with Gasteiger partial charge in [0.15, 0.2) is 5.22 Å². The molecule has 0 aliphatic rings. The molecular formula is C13H13ClFNO2. The predicted octanol–water partition coefficient (Wildman–Crippen LogP) is 3.39. The Morgan fingerprint density at radius 1 is 1.33 bits per heavy atom. The number of nitrogens with one attached hydrogen (secondary N) is 1. The molecule has 1 aromatic heterocycles. The fourth-order valence-corrected chi connectivity index (χ4v) is 2.08. The van der Waals surface area contributed by atoms with E-state index in [9.17, 15) is 4.39 Å². The standard InChI is InChI=1S/C13H13ClFNO2/c1-16-12(10-5-6-18-13(10)14)9-4-3-8(17-2)7-11(9)15/h3-7,12,16H,1-2H3. The third-order valence-corrected chi connectivity index (χ3v) is 3.07. The third-order valence-electron chi connectivity index (χ3n) is 2.76. The van der Waals surface area contributed by atoms with Gasteiger partial charge in [-0.25, -0.2) is 4.39 Å². The molecule has 2 rings (SSSR count). The minimum absolute atomic E-state index is 0.254. The number of benzene rings is 1. The lowest BCUT2D eigenvalue weighted by Crippen LogP contribution is -2.18. The van der Waals surface area contributed by atoms with Gasteiger partial charge in [0, 0.05) is 17.2 Å². The smallest absolute Gasteiger partial charge is 0.198 e. The van der Waals surface area contributed by atoms with E-state index in [-0.39, 0.29) is 17.1 Å². The largest absolute Gasteiger partial charge is 0.497 e. The van der Waals surface area contributed by atoms with Crippen LogP contribution in [0.4, 0.5) is 4.39 Å². The molecule has 96 valence electrons. The number of hydrogen-bond donors (Lipinski definition) is 1. The van der Waals surface area contributed by atoms with E-state index >= 15 is 0 Å². The van der Waals surface area contributed by atoms with E-state index in [2.05, 4.69) is 5.32 Å². The summed E-state index contributed by atoms with van der Waals surface area (Å²) in [6.45, 7) is 0. The molecule has 0 amide bonds. The summed E-state index contributed by atoms with van der Waals surface area (Å²) >= 11 is 5.92. The Balaban J connectivity index is 2.42. The summed E-state index contributed by atoms with van der Waals surface area (Å²) in [5.41, 5.74) is 1.19. The van der Waals surface area contributed by atoms with Crippen LogP contribution in [0.25, 0.3) is 0 Å². The summed E-state index contributed by atoms with van der Waals surface area (Å²) in [6.07, 6.45) is 1.48. The summed E-state index contributed by atoms with van der Waals surface area (Å²) in [5, 5.41) is 3.27. The van der Waals surface area contributed by atoms with Crippen molar-refractivity contribution in [2.45, 2.75) is 6.04 Å². The Hall–Kier alpha value is -1.52. The van der Waals surface area contributed by atoms with E-state index in [0.29, 0.717) is 16.9 Å². The van der Waals surface area contributed by atoms with Crippen molar-refractivity contribution in [3.63, 3.8) is 0 Å². The molecule has 0 bridgehead atoms. The highest BCUT2D eigenvalue weighted by Crippen LogP contribution is 2.31. The molecule has 0 radical (unpaired) electrons. The first-order valence-corrected chi connectivity index (χ1v) is 5.78. The summed E-state index contributed by atoms with van der Waals surface area (Å²) in [5.74, 6) is 0.121. The zero-order valence-electron chi connectivity index (χ0n) is 10.0. The van der Waals surface area contributed by atoms with Crippen molar-refractivity contribution in [2.24, 2.45) is 0 Å². The van der Waals surface area contributed by atoms with Crippen molar-refractivity contribution in [1.82, 2.24) is 5.32 Å². The third kappa shape index (κ3) is 2.35. The van der Waals surface area contributed by atoms with Crippen molar-refractivity contribution in [1.29, 1.82) is 0 Å². The van der Waals surface area contributed by atoms with Gasteiger partial charge >= 0.3 is 0 Å². The quantitative estimate of drug-likeness (QED) is 0.924. The van der Waals surface area contributed by atoms with Crippen LogP contribution in [0, 0.1) is 5.82 Å². The fraction of sp³-hybridized carbons (Fsp3) is 0.231. The van der Waals surface area contributed by atoms with Gasteiger partial charge in [-0.3, -0.25) is 0 Å². The molecule has 1 N–H and O–H groups in total. The summed E-state index contributed by atoms with van der Waals surface area (Å²) in [4.78, 5) is 0. The number of ether oxygens (including phenoxy) is 1. The number of methoxy groups -OCH3 is 1. The van der Waals surface area contributed by atoms with Crippen molar-refractivity contribution < 1.29 is 13.5 Å². The van der Waals surface area contributed by atoms with Crippen LogP contribution in [-0.4, -0.2) is 14.2 Å². The van der Waals surface area contributed by atoms with Crippen LogP contribution in [-0.2, 0) is 0 Å². The van der Waals surface area contributed by atoms with Gasteiger partial charge in [0.25, 0.3) is 0 Å². The van der Waals surface area contributed by atoms with Crippen LogP contribution in [0.1, 0.15) is 17.2 Å². The monoisotopic (exact) mass is 269 g/mol. The zero-order chi connectivity index (χ0) is 13.1. The normalized spacial score (nSPS) is 12.4. The SMILES string of the molecule is CNC(c1ccc(OC)cc1F)c1ccoc1Cl. The first kappa shape index (κ1) is 12.9. The van der Waals surface area contributed by atoms with Crippen LogP contribution in [0.5, 0.6) is 5.75 Å². The van der Waals surface area contributed by atoms with Crippen molar-refractivity contribution in [3.05, 3.63) is 52.7 Å². The lowest BCUT2D eigenvalue weighted by atomic mass is 10.0. The maximum atomic E-state index is 14.0. The van der Waals surface area contributed by atoms with Crippen molar-refractivity contribution >= 4 is 11.6 Å². The van der Waals surface area contributed by atoms with Gasteiger partial charge in [-0.2, -0.15) is 0 Å². The summed E-state index contributed by atoms with van der Waals surface area (Å²) in [6, 6.07) is 6.07. The molecule has 0 saturated heterocycles. The summed E-state index contributed by atoms with van der Waals surface area (Å²) < 4.78 is 24.0. The molecule has 1 aromatic carbocycles.